The summed E-state index contributed by atoms with van der Waals surface area (Å²) >= 11 is 5.81. The Balaban J connectivity index is 2.47. The standard InChI is InChI=1S/C14H20ClFN2/c1-9-7-12(8-13(15)14(9)16)6-4-5-10(2)18-11(3)17/h7-8,10H,4-6H2,1-3H3,(H2,17,18)/t10-/m0/s1. The number of halogens is 2. The Kier molecular flexibility index (Phi) is 5.60. The molecule has 0 heterocycles. The predicted molar refractivity (Wildman–Crippen MR) is 75.1 cm³/mol. The molecular weight excluding hydrogens is 251 g/mol. The lowest BCUT2D eigenvalue weighted by Gasteiger charge is -2.13. The molecule has 0 aliphatic carbocycles. The van der Waals surface area contributed by atoms with Crippen LogP contribution in [0.25, 0.3) is 0 Å². The van der Waals surface area contributed by atoms with E-state index in [1.165, 1.54) is 0 Å². The number of rotatable bonds is 5. The molecule has 1 aromatic carbocycles. The molecule has 0 aliphatic rings. The Labute approximate surface area is 113 Å². The highest BCUT2D eigenvalue weighted by molar-refractivity contribution is 6.30. The highest BCUT2D eigenvalue weighted by Crippen LogP contribution is 2.21. The summed E-state index contributed by atoms with van der Waals surface area (Å²) in [5.74, 6) is 0.165. The van der Waals surface area contributed by atoms with E-state index in [0.29, 0.717) is 17.4 Å². The molecule has 0 aliphatic heterocycles. The monoisotopic (exact) mass is 270 g/mol. The summed E-state index contributed by atoms with van der Waals surface area (Å²) in [6, 6.07) is 3.84. The molecule has 0 unspecified atom stereocenters. The van der Waals surface area contributed by atoms with Crippen molar-refractivity contribution >= 4 is 17.4 Å². The minimum absolute atomic E-state index is 0.200. The number of hydrogen-bond acceptors (Lipinski definition) is 1. The molecule has 0 aromatic heterocycles. The predicted octanol–water partition coefficient (Wildman–Crippen LogP) is 4.09. The maximum absolute atomic E-state index is 13.3. The lowest BCUT2D eigenvalue weighted by atomic mass is 10.0. The number of nitrogens with one attached hydrogen (secondary N) is 2. The minimum Gasteiger partial charge on any atom is -0.372 e. The fourth-order valence-electron chi connectivity index (χ4n) is 2.00. The Morgan fingerprint density at radius 3 is 2.72 bits per heavy atom. The van der Waals surface area contributed by atoms with Crippen molar-refractivity contribution in [3.05, 3.63) is 34.1 Å². The van der Waals surface area contributed by atoms with Gasteiger partial charge in [-0.2, -0.15) is 0 Å². The van der Waals surface area contributed by atoms with E-state index in [-0.39, 0.29) is 10.8 Å². The van der Waals surface area contributed by atoms with Crippen molar-refractivity contribution in [2.45, 2.75) is 46.1 Å². The molecule has 18 heavy (non-hydrogen) atoms. The largest absolute Gasteiger partial charge is 0.372 e. The minimum atomic E-state index is -0.324. The van der Waals surface area contributed by atoms with Crippen LogP contribution in [0.15, 0.2) is 12.1 Å². The van der Waals surface area contributed by atoms with Gasteiger partial charge in [0.25, 0.3) is 0 Å². The van der Waals surface area contributed by atoms with Gasteiger partial charge < -0.3 is 5.32 Å². The van der Waals surface area contributed by atoms with E-state index < -0.39 is 0 Å². The van der Waals surface area contributed by atoms with Gasteiger partial charge in [-0.15, -0.1) is 0 Å². The van der Waals surface area contributed by atoms with Gasteiger partial charge in [-0.05, 0) is 57.2 Å². The average molecular weight is 271 g/mol. The van der Waals surface area contributed by atoms with Gasteiger partial charge >= 0.3 is 0 Å². The summed E-state index contributed by atoms with van der Waals surface area (Å²) in [5.41, 5.74) is 1.66. The molecule has 1 atom stereocenters. The second kappa shape index (κ2) is 6.74. The molecule has 1 rings (SSSR count). The van der Waals surface area contributed by atoms with Gasteiger partial charge in [0, 0.05) is 6.04 Å². The molecule has 0 amide bonds. The van der Waals surface area contributed by atoms with Crippen LogP contribution in [0.1, 0.15) is 37.8 Å². The van der Waals surface area contributed by atoms with Crippen LogP contribution in [-0.4, -0.2) is 11.9 Å². The average Bonchev–Trinajstić information content (AvgIpc) is 2.24. The van der Waals surface area contributed by atoms with Crippen LogP contribution >= 0.6 is 11.6 Å². The fraction of sp³-hybridized carbons (Fsp3) is 0.500. The molecular formula is C14H20ClFN2. The Morgan fingerprint density at radius 1 is 1.50 bits per heavy atom. The number of aryl methyl sites for hydroxylation is 2. The molecule has 0 radical (unpaired) electrons. The fourth-order valence-corrected chi connectivity index (χ4v) is 2.29. The van der Waals surface area contributed by atoms with Gasteiger partial charge in [0.05, 0.1) is 10.9 Å². The second-order valence-electron chi connectivity index (χ2n) is 4.77. The van der Waals surface area contributed by atoms with Crippen LogP contribution in [0.4, 0.5) is 4.39 Å². The van der Waals surface area contributed by atoms with Gasteiger partial charge in [0.2, 0.25) is 0 Å². The van der Waals surface area contributed by atoms with Crippen LogP contribution in [0.3, 0.4) is 0 Å². The SMILES string of the molecule is CC(=N)N[C@@H](C)CCCc1cc(C)c(F)c(Cl)c1. The van der Waals surface area contributed by atoms with Crippen molar-refractivity contribution in [2.75, 3.05) is 0 Å². The van der Waals surface area contributed by atoms with Crippen molar-refractivity contribution in [1.29, 1.82) is 5.41 Å². The number of benzene rings is 1. The van der Waals surface area contributed by atoms with Crippen LogP contribution in [0, 0.1) is 18.2 Å². The van der Waals surface area contributed by atoms with E-state index in [1.807, 2.05) is 6.07 Å². The van der Waals surface area contributed by atoms with E-state index in [1.54, 1.807) is 19.9 Å². The normalized spacial score (nSPS) is 12.3. The van der Waals surface area contributed by atoms with Crippen molar-refractivity contribution in [3.63, 3.8) is 0 Å². The van der Waals surface area contributed by atoms with E-state index in [0.717, 1.165) is 24.8 Å². The summed E-state index contributed by atoms with van der Waals surface area (Å²) in [5, 5.41) is 10.6. The van der Waals surface area contributed by atoms with Crippen molar-refractivity contribution in [2.24, 2.45) is 0 Å². The van der Waals surface area contributed by atoms with Gasteiger partial charge in [0.1, 0.15) is 5.82 Å². The third-order valence-corrected chi connectivity index (χ3v) is 3.11. The third kappa shape index (κ3) is 4.65. The van der Waals surface area contributed by atoms with Crippen LogP contribution in [-0.2, 0) is 6.42 Å². The molecule has 0 saturated heterocycles. The van der Waals surface area contributed by atoms with Crippen molar-refractivity contribution in [3.8, 4) is 0 Å². The number of hydrogen-bond donors (Lipinski definition) is 2. The first-order valence-electron chi connectivity index (χ1n) is 6.16. The number of amidine groups is 1. The van der Waals surface area contributed by atoms with E-state index in [4.69, 9.17) is 17.0 Å². The molecule has 0 spiro atoms. The lowest BCUT2D eigenvalue weighted by Crippen LogP contribution is -2.29. The van der Waals surface area contributed by atoms with Gasteiger partial charge in [-0.1, -0.05) is 17.7 Å². The Bertz CT molecular complexity index is 409. The second-order valence-corrected chi connectivity index (χ2v) is 5.18. The maximum atomic E-state index is 13.3. The molecule has 0 saturated carbocycles. The Hall–Kier alpha value is -1.09. The molecule has 100 valence electrons. The van der Waals surface area contributed by atoms with E-state index in [2.05, 4.69) is 12.2 Å². The van der Waals surface area contributed by atoms with E-state index >= 15 is 0 Å². The van der Waals surface area contributed by atoms with Crippen LogP contribution in [0.2, 0.25) is 5.02 Å². The zero-order valence-corrected chi connectivity index (χ0v) is 11.9. The zero-order chi connectivity index (χ0) is 13.7. The quantitative estimate of drug-likeness (QED) is 0.614. The van der Waals surface area contributed by atoms with Gasteiger partial charge in [-0.3, -0.25) is 5.41 Å². The summed E-state index contributed by atoms with van der Waals surface area (Å²) in [4.78, 5) is 0. The van der Waals surface area contributed by atoms with Crippen molar-refractivity contribution in [1.82, 2.24) is 5.32 Å². The van der Waals surface area contributed by atoms with Gasteiger partial charge in [-0.25, -0.2) is 4.39 Å². The van der Waals surface area contributed by atoms with Crippen LogP contribution in [0.5, 0.6) is 0 Å². The topological polar surface area (TPSA) is 35.9 Å². The molecule has 1 aromatic rings. The summed E-state index contributed by atoms with van der Waals surface area (Å²) in [7, 11) is 0. The van der Waals surface area contributed by atoms with E-state index in [9.17, 15) is 4.39 Å². The molecule has 0 bridgehead atoms. The lowest BCUT2D eigenvalue weighted by molar-refractivity contribution is 0.573. The van der Waals surface area contributed by atoms with Crippen LogP contribution < -0.4 is 5.32 Å². The molecule has 0 fully saturated rings. The smallest absolute Gasteiger partial charge is 0.144 e. The first-order valence-corrected chi connectivity index (χ1v) is 6.54. The third-order valence-electron chi connectivity index (χ3n) is 2.84. The summed E-state index contributed by atoms with van der Waals surface area (Å²) in [6.45, 7) is 5.52. The molecule has 2 nitrogen and oxygen atoms in total. The first-order chi connectivity index (χ1) is 8.40. The summed E-state index contributed by atoms with van der Waals surface area (Å²) < 4.78 is 13.3. The van der Waals surface area contributed by atoms with Crippen molar-refractivity contribution < 1.29 is 4.39 Å². The zero-order valence-electron chi connectivity index (χ0n) is 11.1. The first kappa shape index (κ1) is 15.0. The molecule has 2 N–H and O–H groups in total. The highest BCUT2D eigenvalue weighted by atomic mass is 35.5. The Morgan fingerprint density at radius 2 is 2.17 bits per heavy atom. The van der Waals surface area contributed by atoms with Gasteiger partial charge in [0.15, 0.2) is 0 Å². The summed E-state index contributed by atoms with van der Waals surface area (Å²) in [6.07, 6.45) is 2.84. The maximum Gasteiger partial charge on any atom is 0.144 e. The molecule has 4 heteroatoms. The highest BCUT2D eigenvalue weighted by Gasteiger charge is 2.07.